The minimum atomic E-state index is -4.33. The van der Waals surface area contributed by atoms with Crippen molar-refractivity contribution in [2.75, 3.05) is 25.5 Å². The lowest BCUT2D eigenvalue weighted by atomic mass is 10.1. The normalized spacial score (nSPS) is 24.0. The van der Waals surface area contributed by atoms with E-state index in [1.165, 1.54) is 11.0 Å². The van der Waals surface area contributed by atoms with Gasteiger partial charge in [0.05, 0.1) is 30.6 Å². The first kappa shape index (κ1) is 39.6. The summed E-state index contributed by atoms with van der Waals surface area (Å²) in [7, 11) is -2.74. The summed E-state index contributed by atoms with van der Waals surface area (Å²) < 4.78 is 41.9. The number of allylic oxidation sites excluding steroid dienone is 1. The predicted octanol–water partition coefficient (Wildman–Crippen LogP) is 6.16. The Morgan fingerprint density at radius 3 is 2.53 bits per heavy atom. The highest BCUT2D eigenvalue weighted by Crippen LogP contribution is 2.46. The molecule has 4 amide bonds. The first-order valence-electron chi connectivity index (χ1n) is 19.4. The average Bonchev–Trinajstić information content (AvgIpc) is 3.71. The van der Waals surface area contributed by atoms with Crippen LogP contribution >= 0.6 is 0 Å². The van der Waals surface area contributed by atoms with Gasteiger partial charge in [-0.15, -0.1) is 0 Å². The Kier molecular flexibility index (Phi) is 11.2. The second-order valence-corrected chi connectivity index (χ2v) is 17.6. The largest absolute Gasteiger partial charge is 0.497 e. The molecule has 0 bridgehead atoms. The molecule has 3 heterocycles. The summed E-state index contributed by atoms with van der Waals surface area (Å²) in [5.41, 5.74) is 0.446. The summed E-state index contributed by atoms with van der Waals surface area (Å²) in [6.07, 6.45) is 7.05. The van der Waals surface area contributed by atoms with Gasteiger partial charge in [-0.05, 0) is 70.7 Å². The van der Waals surface area contributed by atoms with Crippen molar-refractivity contribution < 1.29 is 32.3 Å². The van der Waals surface area contributed by atoms with Crippen LogP contribution in [-0.2, 0) is 19.6 Å². The molecule has 4 atom stereocenters. The third kappa shape index (κ3) is 8.85. The molecule has 3 aromatic carbocycles. The zero-order valence-electron chi connectivity index (χ0n) is 32.7. The number of likely N-dealkylation sites (tertiary alicyclic amines) is 1. The van der Waals surface area contributed by atoms with Gasteiger partial charge in [-0.25, -0.2) is 22.9 Å². The quantitative estimate of drug-likeness (QED) is 0.167. The number of para-hydroxylation sites is 1. The van der Waals surface area contributed by atoms with E-state index in [4.69, 9.17) is 14.5 Å². The summed E-state index contributed by atoms with van der Waals surface area (Å²) in [5.74, 6) is -0.706. The number of pyridine rings is 1. The molecule has 13 nitrogen and oxygen atoms in total. The average molecular weight is 795 g/mol. The Bertz CT molecular complexity index is 2290. The zero-order valence-corrected chi connectivity index (χ0v) is 33.5. The number of carbonyl (C=O) groups is 3. The molecule has 1 saturated carbocycles. The molecule has 300 valence electrons. The van der Waals surface area contributed by atoms with Crippen LogP contribution in [0.2, 0.25) is 0 Å². The first-order valence-corrected chi connectivity index (χ1v) is 20.9. The number of hydrogen-bond acceptors (Lipinski definition) is 9. The van der Waals surface area contributed by atoms with Gasteiger partial charge < -0.3 is 30.3 Å². The number of benzene rings is 3. The Hall–Kier alpha value is -5.63. The van der Waals surface area contributed by atoms with Crippen molar-refractivity contribution in [2.45, 2.75) is 87.4 Å². The summed E-state index contributed by atoms with van der Waals surface area (Å²) >= 11 is 0. The number of methoxy groups -OCH3 is 1. The number of amides is 4. The van der Waals surface area contributed by atoms with E-state index in [2.05, 4.69) is 20.7 Å². The Labute approximate surface area is 333 Å². The number of sulfonamides is 1. The van der Waals surface area contributed by atoms with E-state index >= 15 is 0 Å². The molecule has 7 rings (SSSR count). The smallest absolute Gasteiger partial charge is 0.318 e. The van der Waals surface area contributed by atoms with Crippen molar-refractivity contribution in [3.05, 3.63) is 91.0 Å². The Morgan fingerprint density at radius 1 is 0.982 bits per heavy atom. The van der Waals surface area contributed by atoms with E-state index in [-0.39, 0.29) is 24.3 Å². The van der Waals surface area contributed by atoms with Gasteiger partial charge in [0.1, 0.15) is 34.1 Å². The zero-order chi connectivity index (χ0) is 40.4. The molecule has 1 saturated heterocycles. The molecule has 1 aliphatic carbocycles. The third-order valence-electron chi connectivity index (χ3n) is 10.6. The van der Waals surface area contributed by atoms with Crippen LogP contribution in [0.25, 0.3) is 22.2 Å². The van der Waals surface area contributed by atoms with E-state index in [1.807, 2.05) is 87.5 Å². The van der Waals surface area contributed by atoms with Crippen molar-refractivity contribution in [3.63, 3.8) is 0 Å². The molecule has 2 aliphatic heterocycles. The highest BCUT2D eigenvalue weighted by Gasteiger charge is 2.61. The lowest BCUT2D eigenvalue weighted by Gasteiger charge is -2.30. The number of rotatable bonds is 6. The van der Waals surface area contributed by atoms with Crippen LogP contribution in [0.1, 0.15) is 59.3 Å². The van der Waals surface area contributed by atoms with Gasteiger partial charge in [0.15, 0.2) is 0 Å². The molecule has 57 heavy (non-hydrogen) atoms. The Morgan fingerprint density at radius 2 is 1.75 bits per heavy atom. The maximum Gasteiger partial charge on any atom is 0.318 e. The molecular formula is C43H50N6O7S. The van der Waals surface area contributed by atoms with Crippen molar-refractivity contribution in [1.82, 2.24) is 25.2 Å². The molecule has 2 fully saturated rings. The fraction of sp³-hybridized carbons (Fsp3) is 0.395. The van der Waals surface area contributed by atoms with Crippen LogP contribution < -0.4 is 30.1 Å². The second kappa shape index (κ2) is 16.1. The molecule has 0 unspecified atom stereocenters. The summed E-state index contributed by atoms with van der Waals surface area (Å²) in [4.78, 5) is 48.8. The van der Waals surface area contributed by atoms with Crippen molar-refractivity contribution in [3.8, 4) is 22.8 Å². The Balaban J connectivity index is 1.19. The number of nitrogens with one attached hydrogen (secondary N) is 4. The standard InChI is InChI=1S/C43H50N6O7S/c1-42(2,3)47-41(52)49-27-31(56-37-25-34(28-15-9-8-10-16-28)45-35-23-30(55-4)20-21-32(35)37)24-36(49)39(50)46-43-26-29(43)17-11-6-5-7-14-22-44-33-18-12-13-19-38(33)57(53,54)48-40(43)51/h8-13,15-21,23,25,29,31,36,44H,5-7,14,22,24,26-27H2,1-4H3,(H,46,50)(H,47,52)(H,48,51)/b17-11-/t29-,31-,36+,43-/m1/s1. The van der Waals surface area contributed by atoms with Gasteiger partial charge in [0.2, 0.25) is 5.91 Å². The van der Waals surface area contributed by atoms with Crippen LogP contribution in [0.3, 0.4) is 0 Å². The number of urea groups is 1. The van der Waals surface area contributed by atoms with E-state index in [9.17, 15) is 22.8 Å². The van der Waals surface area contributed by atoms with Crippen molar-refractivity contribution in [1.29, 1.82) is 0 Å². The van der Waals surface area contributed by atoms with E-state index in [0.29, 0.717) is 34.9 Å². The number of aromatic nitrogens is 1. The molecule has 4 N–H and O–H groups in total. The predicted molar refractivity (Wildman–Crippen MR) is 218 cm³/mol. The third-order valence-corrected chi connectivity index (χ3v) is 11.9. The van der Waals surface area contributed by atoms with Crippen LogP contribution in [0.15, 0.2) is 95.9 Å². The van der Waals surface area contributed by atoms with Crippen LogP contribution in [0.5, 0.6) is 11.5 Å². The molecule has 1 aromatic heterocycles. The molecule has 14 heteroatoms. The molecular weight excluding hydrogens is 745 g/mol. The van der Waals surface area contributed by atoms with Crippen molar-refractivity contribution >= 4 is 44.5 Å². The van der Waals surface area contributed by atoms with Gasteiger partial charge in [-0.3, -0.25) is 9.59 Å². The van der Waals surface area contributed by atoms with Gasteiger partial charge in [0.25, 0.3) is 15.9 Å². The maximum atomic E-state index is 14.5. The monoisotopic (exact) mass is 794 g/mol. The number of ether oxygens (including phenoxy) is 2. The minimum Gasteiger partial charge on any atom is -0.497 e. The summed E-state index contributed by atoms with van der Waals surface area (Å²) in [6.45, 7) is 6.20. The maximum absolute atomic E-state index is 14.5. The van der Waals surface area contributed by atoms with Gasteiger partial charge in [0, 0.05) is 47.5 Å². The number of hydrogen-bond donors (Lipinski definition) is 4. The van der Waals surface area contributed by atoms with Crippen LogP contribution in [0.4, 0.5) is 10.5 Å². The van der Waals surface area contributed by atoms with Gasteiger partial charge >= 0.3 is 6.03 Å². The molecule has 0 spiro atoms. The van der Waals surface area contributed by atoms with Crippen LogP contribution in [0, 0.1) is 5.92 Å². The second-order valence-electron chi connectivity index (χ2n) is 16.0. The van der Waals surface area contributed by atoms with Gasteiger partial charge in [-0.1, -0.05) is 61.0 Å². The fourth-order valence-corrected chi connectivity index (χ4v) is 8.76. The lowest BCUT2D eigenvalue weighted by Crippen LogP contribution is -2.58. The summed E-state index contributed by atoms with van der Waals surface area (Å²) in [5, 5.41) is 9.83. The molecule has 0 radical (unpaired) electrons. The van der Waals surface area contributed by atoms with Gasteiger partial charge in [-0.2, -0.15) is 0 Å². The fourth-order valence-electron chi connectivity index (χ4n) is 7.53. The highest BCUT2D eigenvalue weighted by molar-refractivity contribution is 7.90. The number of fused-ring (bicyclic) bond motifs is 3. The minimum absolute atomic E-state index is 0.0549. The van der Waals surface area contributed by atoms with E-state index in [1.54, 1.807) is 25.3 Å². The first-order chi connectivity index (χ1) is 27.3. The van der Waals surface area contributed by atoms with Crippen molar-refractivity contribution in [2.24, 2.45) is 5.92 Å². The van der Waals surface area contributed by atoms with E-state index in [0.717, 1.165) is 36.6 Å². The number of nitrogens with zero attached hydrogens (tertiary/aromatic N) is 2. The topological polar surface area (TPSA) is 168 Å². The van der Waals surface area contributed by atoms with E-state index < -0.39 is 57.0 Å². The molecule has 4 aromatic rings. The number of anilines is 1. The lowest BCUT2D eigenvalue weighted by molar-refractivity contribution is -0.131. The number of carbonyl (C=O) groups excluding carboxylic acids is 3. The SMILES string of the molecule is COc1ccc2c(O[C@@H]3C[C@@H](C(=O)N[C@]45C[C@H]4/C=C\CCCCCNc4ccccc4S(=O)(=O)NC5=O)N(C(=O)NC(C)(C)C)C3)cc(-c3ccccc3)nc2c1. The summed E-state index contributed by atoms with van der Waals surface area (Å²) in [6, 6.07) is 22.0. The highest BCUT2D eigenvalue weighted by atomic mass is 32.2. The van der Waals surface area contributed by atoms with Crippen LogP contribution in [-0.4, -0.2) is 79.6 Å². The molecule has 3 aliphatic rings.